The highest BCUT2D eigenvalue weighted by atomic mass is 32.1. The average molecular weight is 295 g/mol. The topological polar surface area (TPSA) is 67.6 Å². The molecule has 1 aromatic carbocycles. The molecule has 0 aliphatic carbocycles. The second-order valence-corrected chi connectivity index (χ2v) is 5.02. The van der Waals surface area contributed by atoms with Crippen molar-refractivity contribution in [3.63, 3.8) is 0 Å². The second-order valence-electron chi connectivity index (χ2n) is 4.50. The van der Waals surface area contributed by atoms with Crippen LogP contribution in [0.4, 0.5) is 10.5 Å². The molecule has 0 aromatic heterocycles. The molecule has 5 nitrogen and oxygen atoms in total. The number of urea groups is 1. The standard InChI is InChI=1S/C14H21N3O2S/c1-11-4-3-5-12(10-11)16-14(18)17(8-9-19-2)7-6-13(15)20/h3-5,10H,6-9H2,1-2H3,(H2,15,20)(H,16,18). The van der Waals surface area contributed by atoms with E-state index in [0.717, 1.165) is 11.3 Å². The molecular formula is C14H21N3O2S. The Morgan fingerprint density at radius 3 is 2.80 bits per heavy atom. The lowest BCUT2D eigenvalue weighted by Gasteiger charge is -2.22. The summed E-state index contributed by atoms with van der Waals surface area (Å²) < 4.78 is 5.01. The zero-order chi connectivity index (χ0) is 15.0. The molecule has 1 rings (SSSR count). The molecule has 3 N–H and O–H groups in total. The van der Waals surface area contributed by atoms with Crippen LogP contribution in [0, 0.1) is 6.92 Å². The van der Waals surface area contributed by atoms with Crippen LogP contribution >= 0.6 is 12.2 Å². The van der Waals surface area contributed by atoms with E-state index in [1.807, 2.05) is 31.2 Å². The molecule has 20 heavy (non-hydrogen) atoms. The summed E-state index contributed by atoms with van der Waals surface area (Å²) in [6.45, 7) is 3.43. The van der Waals surface area contributed by atoms with Gasteiger partial charge >= 0.3 is 6.03 Å². The van der Waals surface area contributed by atoms with E-state index in [4.69, 9.17) is 22.7 Å². The molecule has 0 radical (unpaired) electrons. The maximum Gasteiger partial charge on any atom is 0.321 e. The molecule has 0 saturated heterocycles. The maximum atomic E-state index is 12.2. The molecule has 1 aromatic rings. The summed E-state index contributed by atoms with van der Waals surface area (Å²) in [6, 6.07) is 7.47. The minimum Gasteiger partial charge on any atom is -0.393 e. The Morgan fingerprint density at radius 2 is 2.20 bits per heavy atom. The average Bonchev–Trinajstić information content (AvgIpc) is 2.38. The normalized spacial score (nSPS) is 10.1. The summed E-state index contributed by atoms with van der Waals surface area (Å²) in [6.07, 6.45) is 0.500. The molecule has 2 amide bonds. The largest absolute Gasteiger partial charge is 0.393 e. The monoisotopic (exact) mass is 295 g/mol. The Morgan fingerprint density at radius 1 is 1.45 bits per heavy atom. The second kappa shape index (κ2) is 8.50. The number of anilines is 1. The Hall–Kier alpha value is -1.66. The lowest BCUT2D eigenvalue weighted by atomic mass is 10.2. The summed E-state index contributed by atoms with van der Waals surface area (Å²) in [5.74, 6) is 0. The lowest BCUT2D eigenvalue weighted by molar-refractivity contribution is 0.156. The molecule has 0 heterocycles. The lowest BCUT2D eigenvalue weighted by Crippen LogP contribution is -2.39. The van der Waals surface area contributed by atoms with Crippen LogP contribution in [0.1, 0.15) is 12.0 Å². The fourth-order valence-electron chi connectivity index (χ4n) is 1.69. The maximum absolute atomic E-state index is 12.2. The first-order chi connectivity index (χ1) is 9.52. The van der Waals surface area contributed by atoms with Crippen LogP contribution in [0.3, 0.4) is 0 Å². The predicted molar refractivity (Wildman–Crippen MR) is 85.0 cm³/mol. The van der Waals surface area contributed by atoms with Gasteiger partial charge in [0.1, 0.15) is 0 Å². The van der Waals surface area contributed by atoms with E-state index in [2.05, 4.69) is 5.32 Å². The van der Waals surface area contributed by atoms with Crippen LogP contribution in [0.5, 0.6) is 0 Å². The van der Waals surface area contributed by atoms with Crippen molar-refractivity contribution in [3.8, 4) is 0 Å². The number of rotatable bonds is 7. The molecule has 0 bridgehead atoms. The van der Waals surface area contributed by atoms with E-state index >= 15 is 0 Å². The van der Waals surface area contributed by atoms with E-state index in [1.54, 1.807) is 12.0 Å². The van der Waals surface area contributed by atoms with E-state index in [-0.39, 0.29) is 6.03 Å². The molecule has 0 spiro atoms. The number of aryl methyl sites for hydroxylation is 1. The van der Waals surface area contributed by atoms with Crippen LogP contribution in [-0.2, 0) is 4.74 Å². The smallest absolute Gasteiger partial charge is 0.321 e. The highest BCUT2D eigenvalue weighted by Gasteiger charge is 2.13. The van der Waals surface area contributed by atoms with Crippen LogP contribution in [0.15, 0.2) is 24.3 Å². The summed E-state index contributed by atoms with van der Waals surface area (Å²) in [7, 11) is 1.60. The number of ether oxygens (including phenoxy) is 1. The van der Waals surface area contributed by atoms with Gasteiger partial charge in [0, 0.05) is 32.3 Å². The molecule has 0 atom stereocenters. The van der Waals surface area contributed by atoms with E-state index in [9.17, 15) is 4.79 Å². The number of hydrogen-bond acceptors (Lipinski definition) is 3. The van der Waals surface area contributed by atoms with Gasteiger partial charge in [-0.25, -0.2) is 4.79 Å². The first-order valence-electron chi connectivity index (χ1n) is 6.42. The predicted octanol–water partition coefficient (Wildman–Crippen LogP) is 2.15. The van der Waals surface area contributed by atoms with Crippen LogP contribution in [-0.4, -0.2) is 42.7 Å². The number of benzene rings is 1. The molecule has 110 valence electrons. The fourth-order valence-corrected chi connectivity index (χ4v) is 1.78. The quantitative estimate of drug-likeness (QED) is 0.756. The van der Waals surface area contributed by atoms with Crippen molar-refractivity contribution in [3.05, 3.63) is 29.8 Å². The van der Waals surface area contributed by atoms with Crippen molar-refractivity contribution in [1.29, 1.82) is 0 Å². The van der Waals surface area contributed by atoms with Crippen molar-refractivity contribution in [2.45, 2.75) is 13.3 Å². The van der Waals surface area contributed by atoms with Gasteiger partial charge in [-0.1, -0.05) is 24.4 Å². The van der Waals surface area contributed by atoms with Gasteiger partial charge < -0.3 is 20.7 Å². The Balaban J connectivity index is 2.63. The molecule has 0 aliphatic heterocycles. The van der Waals surface area contributed by atoms with E-state index in [1.165, 1.54) is 0 Å². The Labute approximate surface area is 125 Å². The number of carbonyl (C=O) groups is 1. The van der Waals surface area contributed by atoms with E-state index in [0.29, 0.717) is 31.1 Å². The highest BCUT2D eigenvalue weighted by Crippen LogP contribution is 2.10. The summed E-state index contributed by atoms with van der Waals surface area (Å²) in [5.41, 5.74) is 7.35. The van der Waals surface area contributed by atoms with Crippen molar-refractivity contribution in [2.24, 2.45) is 5.73 Å². The molecule has 0 saturated carbocycles. The summed E-state index contributed by atoms with van der Waals surface area (Å²) in [4.78, 5) is 14.3. The van der Waals surface area contributed by atoms with Gasteiger partial charge in [-0.15, -0.1) is 0 Å². The Kier molecular flexibility index (Phi) is 6.97. The van der Waals surface area contributed by atoms with Crippen LogP contribution < -0.4 is 11.1 Å². The van der Waals surface area contributed by atoms with Gasteiger partial charge in [0.05, 0.1) is 11.6 Å². The minimum absolute atomic E-state index is 0.177. The third-order valence-electron chi connectivity index (χ3n) is 2.75. The van der Waals surface area contributed by atoms with Crippen molar-refractivity contribution in [1.82, 2.24) is 4.90 Å². The molecular weight excluding hydrogens is 274 g/mol. The number of amides is 2. The first-order valence-corrected chi connectivity index (χ1v) is 6.83. The number of nitrogens with two attached hydrogens (primary N) is 1. The van der Waals surface area contributed by atoms with Crippen molar-refractivity contribution < 1.29 is 9.53 Å². The molecule has 0 unspecified atom stereocenters. The first kappa shape index (κ1) is 16.4. The number of carbonyl (C=O) groups excluding carboxylic acids is 1. The molecule has 0 aliphatic rings. The van der Waals surface area contributed by atoms with Gasteiger partial charge in [0.25, 0.3) is 0 Å². The third kappa shape index (κ3) is 5.99. The number of hydrogen-bond donors (Lipinski definition) is 2. The molecule has 0 fully saturated rings. The molecule has 6 heteroatoms. The third-order valence-corrected chi connectivity index (χ3v) is 2.95. The SMILES string of the molecule is COCCN(CCC(N)=S)C(=O)Nc1cccc(C)c1. The van der Waals surface area contributed by atoms with Gasteiger partial charge in [0.2, 0.25) is 0 Å². The number of nitrogens with zero attached hydrogens (tertiary/aromatic N) is 1. The van der Waals surface area contributed by atoms with Gasteiger partial charge in [-0.3, -0.25) is 0 Å². The van der Waals surface area contributed by atoms with Gasteiger partial charge in [-0.2, -0.15) is 0 Å². The highest BCUT2D eigenvalue weighted by molar-refractivity contribution is 7.80. The van der Waals surface area contributed by atoms with Gasteiger partial charge in [-0.05, 0) is 24.6 Å². The zero-order valence-electron chi connectivity index (χ0n) is 11.9. The number of methoxy groups -OCH3 is 1. The number of thiocarbonyl (C=S) groups is 1. The van der Waals surface area contributed by atoms with Crippen molar-refractivity contribution >= 4 is 28.9 Å². The zero-order valence-corrected chi connectivity index (χ0v) is 12.7. The van der Waals surface area contributed by atoms with Crippen LogP contribution in [0.25, 0.3) is 0 Å². The van der Waals surface area contributed by atoms with Gasteiger partial charge in [0.15, 0.2) is 0 Å². The minimum atomic E-state index is -0.177. The fraction of sp³-hybridized carbons (Fsp3) is 0.429. The van der Waals surface area contributed by atoms with E-state index < -0.39 is 0 Å². The summed E-state index contributed by atoms with van der Waals surface area (Å²) >= 11 is 4.85. The Bertz CT molecular complexity index is 465. The van der Waals surface area contributed by atoms with Crippen molar-refractivity contribution in [2.75, 3.05) is 32.1 Å². The van der Waals surface area contributed by atoms with Crippen LogP contribution in [0.2, 0.25) is 0 Å². The number of nitrogens with one attached hydrogen (secondary N) is 1. The summed E-state index contributed by atoms with van der Waals surface area (Å²) in [5, 5.41) is 2.86.